The van der Waals surface area contributed by atoms with Crippen molar-refractivity contribution < 1.29 is 5.11 Å². The van der Waals surface area contributed by atoms with Crippen LogP contribution in [0.15, 0.2) is 0 Å². The van der Waals surface area contributed by atoms with Crippen LogP contribution in [0.3, 0.4) is 0 Å². The van der Waals surface area contributed by atoms with Gasteiger partial charge in [-0.15, -0.1) is 0 Å². The fourth-order valence-corrected chi connectivity index (χ4v) is 2.94. The van der Waals surface area contributed by atoms with Crippen molar-refractivity contribution in [2.45, 2.75) is 76.1 Å². The highest BCUT2D eigenvalue weighted by molar-refractivity contribution is 8.00. The highest BCUT2D eigenvalue weighted by Crippen LogP contribution is 2.29. The number of nitrogens with one attached hydrogen (secondary N) is 1. The first-order valence-electron chi connectivity index (χ1n) is 6.93. The smallest absolute Gasteiger partial charge is 0.0613 e. The summed E-state index contributed by atoms with van der Waals surface area (Å²) in [6, 6.07) is 0.678. The van der Waals surface area contributed by atoms with E-state index < -0.39 is 0 Å². The van der Waals surface area contributed by atoms with Gasteiger partial charge in [0.05, 0.1) is 6.61 Å². The Balaban J connectivity index is 2.28. The van der Waals surface area contributed by atoms with Crippen molar-refractivity contribution >= 4 is 11.8 Å². The lowest BCUT2D eigenvalue weighted by Crippen LogP contribution is -2.49. The van der Waals surface area contributed by atoms with Crippen LogP contribution in [0.25, 0.3) is 0 Å². The van der Waals surface area contributed by atoms with E-state index in [0.717, 1.165) is 12.8 Å². The molecule has 1 aliphatic carbocycles. The second kappa shape index (κ2) is 6.44. The molecule has 0 saturated heterocycles. The van der Waals surface area contributed by atoms with Gasteiger partial charge in [-0.3, -0.25) is 0 Å². The molecule has 0 heterocycles. The fraction of sp³-hybridized carbons (Fsp3) is 1.00. The Bertz CT molecular complexity index is 217. The van der Waals surface area contributed by atoms with E-state index in [0.29, 0.717) is 10.8 Å². The van der Waals surface area contributed by atoms with Crippen molar-refractivity contribution in [3.05, 3.63) is 0 Å². The molecule has 1 aliphatic rings. The largest absolute Gasteiger partial charge is 0.394 e. The van der Waals surface area contributed by atoms with Gasteiger partial charge in [-0.05, 0) is 37.9 Å². The SMILES string of the molecule is CCC(CO)(CCCSC(C)(C)C)NC1CC1. The first-order valence-corrected chi connectivity index (χ1v) is 7.92. The van der Waals surface area contributed by atoms with Gasteiger partial charge in [0.15, 0.2) is 0 Å². The Hall–Kier alpha value is 0.270. The third kappa shape index (κ3) is 6.12. The van der Waals surface area contributed by atoms with Gasteiger partial charge in [0.2, 0.25) is 0 Å². The zero-order chi connectivity index (χ0) is 12.9. The van der Waals surface area contributed by atoms with E-state index in [1.807, 2.05) is 11.8 Å². The Morgan fingerprint density at radius 3 is 2.35 bits per heavy atom. The summed E-state index contributed by atoms with van der Waals surface area (Å²) in [7, 11) is 0. The molecule has 1 unspecified atom stereocenters. The molecule has 1 rings (SSSR count). The van der Waals surface area contributed by atoms with Gasteiger partial charge in [-0.2, -0.15) is 11.8 Å². The topological polar surface area (TPSA) is 32.3 Å². The maximum atomic E-state index is 9.64. The third-order valence-corrected chi connectivity index (χ3v) is 4.76. The molecule has 0 amide bonds. The van der Waals surface area contributed by atoms with Crippen molar-refractivity contribution in [1.29, 1.82) is 0 Å². The minimum atomic E-state index is -0.0143. The monoisotopic (exact) mass is 259 g/mol. The van der Waals surface area contributed by atoms with Gasteiger partial charge in [0.1, 0.15) is 0 Å². The first-order chi connectivity index (χ1) is 7.91. The van der Waals surface area contributed by atoms with Crippen molar-refractivity contribution in [3.63, 3.8) is 0 Å². The van der Waals surface area contributed by atoms with E-state index >= 15 is 0 Å². The molecular formula is C14H29NOS. The van der Waals surface area contributed by atoms with Crippen LogP contribution in [0.5, 0.6) is 0 Å². The van der Waals surface area contributed by atoms with E-state index in [1.54, 1.807) is 0 Å². The van der Waals surface area contributed by atoms with Gasteiger partial charge in [-0.1, -0.05) is 27.7 Å². The van der Waals surface area contributed by atoms with E-state index in [-0.39, 0.29) is 12.1 Å². The van der Waals surface area contributed by atoms with Crippen molar-refractivity contribution in [1.82, 2.24) is 5.32 Å². The summed E-state index contributed by atoms with van der Waals surface area (Å²) in [6.45, 7) is 9.25. The summed E-state index contributed by atoms with van der Waals surface area (Å²) in [5.41, 5.74) is -0.0143. The summed E-state index contributed by atoms with van der Waals surface area (Å²) in [5.74, 6) is 1.19. The predicted octanol–water partition coefficient (Wildman–Crippen LogP) is 3.19. The van der Waals surface area contributed by atoms with Crippen LogP contribution in [0.2, 0.25) is 0 Å². The van der Waals surface area contributed by atoms with Crippen LogP contribution < -0.4 is 5.32 Å². The Morgan fingerprint density at radius 1 is 1.29 bits per heavy atom. The van der Waals surface area contributed by atoms with Gasteiger partial charge < -0.3 is 10.4 Å². The average Bonchev–Trinajstić information content (AvgIpc) is 3.05. The molecule has 17 heavy (non-hydrogen) atoms. The number of aliphatic hydroxyl groups excluding tert-OH is 1. The van der Waals surface area contributed by atoms with E-state index in [4.69, 9.17) is 0 Å². The standard InChI is InChI=1S/C14H29NOS/c1-5-14(11-16,15-12-7-8-12)9-6-10-17-13(2,3)4/h12,15-16H,5-11H2,1-4H3. The predicted molar refractivity (Wildman–Crippen MR) is 77.7 cm³/mol. The maximum Gasteiger partial charge on any atom is 0.0613 e. The van der Waals surface area contributed by atoms with Crippen molar-refractivity contribution in [2.75, 3.05) is 12.4 Å². The second-order valence-corrected chi connectivity index (χ2v) is 8.20. The molecule has 0 aromatic heterocycles. The lowest BCUT2D eigenvalue weighted by Gasteiger charge is -2.33. The number of aliphatic hydroxyl groups is 1. The van der Waals surface area contributed by atoms with Crippen LogP contribution in [0.1, 0.15) is 59.8 Å². The molecule has 0 aromatic carbocycles. The highest BCUT2D eigenvalue weighted by atomic mass is 32.2. The minimum Gasteiger partial charge on any atom is -0.394 e. The summed E-state index contributed by atoms with van der Waals surface area (Å²) in [4.78, 5) is 0. The van der Waals surface area contributed by atoms with Crippen LogP contribution >= 0.6 is 11.8 Å². The van der Waals surface area contributed by atoms with Crippen molar-refractivity contribution in [2.24, 2.45) is 0 Å². The second-order valence-electron chi connectivity index (χ2n) is 6.27. The maximum absolute atomic E-state index is 9.64. The molecule has 0 bridgehead atoms. The Labute approximate surface area is 111 Å². The Morgan fingerprint density at radius 2 is 1.94 bits per heavy atom. The van der Waals surface area contributed by atoms with Crippen molar-refractivity contribution in [3.8, 4) is 0 Å². The lowest BCUT2D eigenvalue weighted by molar-refractivity contribution is 0.144. The first kappa shape index (κ1) is 15.3. The van der Waals surface area contributed by atoms with E-state index in [9.17, 15) is 5.11 Å². The molecule has 0 aliphatic heterocycles. The van der Waals surface area contributed by atoms with Gasteiger partial charge in [0, 0.05) is 16.3 Å². The summed E-state index contributed by atoms with van der Waals surface area (Å²) in [6.07, 6.45) is 5.90. The van der Waals surface area contributed by atoms with E-state index in [2.05, 4.69) is 33.0 Å². The third-order valence-electron chi connectivity index (χ3n) is 3.40. The Kier molecular flexibility index (Phi) is 5.81. The summed E-state index contributed by atoms with van der Waals surface area (Å²) in [5, 5.41) is 13.3. The zero-order valence-electron chi connectivity index (χ0n) is 11.9. The molecule has 1 saturated carbocycles. The van der Waals surface area contributed by atoms with Crippen LogP contribution in [-0.4, -0.2) is 33.8 Å². The van der Waals surface area contributed by atoms with E-state index in [1.165, 1.54) is 25.0 Å². The molecular weight excluding hydrogens is 230 g/mol. The molecule has 0 spiro atoms. The van der Waals surface area contributed by atoms with Crippen LogP contribution in [0, 0.1) is 0 Å². The fourth-order valence-electron chi connectivity index (χ4n) is 2.04. The lowest BCUT2D eigenvalue weighted by atomic mass is 9.91. The van der Waals surface area contributed by atoms with Gasteiger partial charge in [-0.25, -0.2) is 0 Å². The van der Waals surface area contributed by atoms with Gasteiger partial charge in [0.25, 0.3) is 0 Å². The molecule has 2 N–H and O–H groups in total. The quantitative estimate of drug-likeness (QED) is 0.657. The number of rotatable bonds is 8. The normalized spacial score (nSPS) is 20.3. The highest BCUT2D eigenvalue weighted by Gasteiger charge is 2.33. The number of thioether (sulfide) groups is 1. The number of hydrogen-bond donors (Lipinski definition) is 2. The minimum absolute atomic E-state index is 0.0143. The summed E-state index contributed by atoms with van der Waals surface area (Å²) >= 11 is 2.02. The number of hydrogen-bond acceptors (Lipinski definition) is 3. The molecule has 1 atom stereocenters. The molecule has 2 nitrogen and oxygen atoms in total. The summed E-state index contributed by atoms with van der Waals surface area (Å²) < 4.78 is 0.359. The van der Waals surface area contributed by atoms with Gasteiger partial charge >= 0.3 is 0 Å². The molecule has 0 radical (unpaired) electrons. The molecule has 1 fully saturated rings. The average molecular weight is 259 g/mol. The molecule has 0 aromatic rings. The van der Waals surface area contributed by atoms with Crippen LogP contribution in [0.4, 0.5) is 0 Å². The molecule has 3 heteroatoms. The molecule has 102 valence electrons. The zero-order valence-corrected chi connectivity index (χ0v) is 12.7. The van der Waals surface area contributed by atoms with Crippen LogP contribution in [-0.2, 0) is 0 Å².